The molecule has 156 valence electrons. The van der Waals surface area contributed by atoms with Crippen LogP contribution in [-0.2, 0) is 0 Å². The Bertz CT molecular complexity index is 1110. The highest BCUT2D eigenvalue weighted by molar-refractivity contribution is 6.02. The molecule has 4 heteroatoms. The lowest BCUT2D eigenvalue weighted by molar-refractivity contribution is -0.888. The Morgan fingerprint density at radius 2 is 1.48 bits per heavy atom. The predicted octanol–water partition coefficient (Wildman–Crippen LogP) is 3.90. The third-order valence-corrected chi connectivity index (χ3v) is 7.12. The number of nitrogens with one attached hydrogen (secondary N) is 1. The van der Waals surface area contributed by atoms with Crippen LogP contribution in [0, 0.1) is 0 Å². The number of rotatable bonds is 2. The highest BCUT2D eigenvalue weighted by Crippen LogP contribution is 2.49. The van der Waals surface area contributed by atoms with Crippen LogP contribution in [0.25, 0.3) is 11.1 Å². The number of nitrogens with zero attached hydrogens (tertiary/aromatic N) is 2. The van der Waals surface area contributed by atoms with Crippen LogP contribution in [0.1, 0.15) is 36.4 Å². The van der Waals surface area contributed by atoms with Gasteiger partial charge in [-0.3, -0.25) is 0 Å². The lowest BCUT2D eigenvalue weighted by atomic mass is 9.90. The number of fused-ring (bicyclic) bond motifs is 4. The maximum Gasteiger partial charge on any atom is 0.208 e. The molecule has 0 radical (unpaired) electrons. The molecule has 0 aliphatic carbocycles. The number of ether oxygens (including phenoxy) is 1. The molecule has 0 bridgehead atoms. The van der Waals surface area contributed by atoms with Gasteiger partial charge in [-0.05, 0) is 22.8 Å². The Labute approximate surface area is 183 Å². The molecule has 1 spiro atoms. The van der Waals surface area contributed by atoms with Crippen LogP contribution in [0.5, 0.6) is 5.75 Å². The van der Waals surface area contributed by atoms with Crippen molar-refractivity contribution in [2.75, 3.05) is 20.1 Å². The average molecular weight is 411 g/mol. The van der Waals surface area contributed by atoms with Crippen LogP contribution in [0.15, 0.2) is 84.0 Å². The Morgan fingerprint density at radius 1 is 0.839 bits per heavy atom. The third-order valence-electron chi connectivity index (χ3n) is 7.12. The highest BCUT2D eigenvalue weighted by atomic mass is 16.5. The lowest BCUT2D eigenvalue weighted by Crippen LogP contribution is -3.11. The van der Waals surface area contributed by atoms with E-state index >= 15 is 0 Å². The Morgan fingerprint density at radius 3 is 2.26 bits per heavy atom. The largest absolute Gasteiger partial charge is 0.466 e. The Balaban J connectivity index is 1.35. The predicted molar refractivity (Wildman–Crippen MR) is 123 cm³/mol. The van der Waals surface area contributed by atoms with Crippen molar-refractivity contribution in [2.45, 2.75) is 31.0 Å². The molecule has 31 heavy (non-hydrogen) atoms. The van der Waals surface area contributed by atoms with Crippen LogP contribution >= 0.6 is 0 Å². The fourth-order valence-electron chi connectivity index (χ4n) is 5.29. The first-order valence-electron chi connectivity index (χ1n) is 11.3. The lowest BCUT2D eigenvalue weighted by Gasteiger charge is -2.49. The van der Waals surface area contributed by atoms with Crippen LogP contribution < -0.4 is 9.64 Å². The zero-order chi connectivity index (χ0) is 20.8. The topological polar surface area (TPSA) is 29.3 Å². The summed E-state index contributed by atoms with van der Waals surface area (Å²) in [5.41, 5.74) is 5.80. The van der Waals surface area contributed by atoms with Crippen molar-refractivity contribution in [2.24, 2.45) is 5.10 Å². The van der Waals surface area contributed by atoms with E-state index in [1.165, 1.54) is 22.3 Å². The molecule has 3 aromatic rings. The van der Waals surface area contributed by atoms with Crippen molar-refractivity contribution in [1.82, 2.24) is 5.01 Å². The van der Waals surface area contributed by atoms with Crippen LogP contribution in [0.2, 0.25) is 0 Å². The maximum absolute atomic E-state index is 6.69. The molecule has 1 N–H and O–H groups in total. The smallest absolute Gasteiger partial charge is 0.208 e. The van der Waals surface area contributed by atoms with Crippen molar-refractivity contribution < 1.29 is 9.64 Å². The molecular weight excluding hydrogens is 382 g/mol. The van der Waals surface area contributed by atoms with Gasteiger partial charge in [0, 0.05) is 12.0 Å². The number of hydrogen-bond acceptors (Lipinski definition) is 3. The van der Waals surface area contributed by atoms with Gasteiger partial charge in [0.2, 0.25) is 5.72 Å². The summed E-state index contributed by atoms with van der Waals surface area (Å²) < 4.78 is 6.69. The minimum atomic E-state index is -0.315. The van der Waals surface area contributed by atoms with E-state index in [0.717, 1.165) is 43.8 Å². The Kier molecular flexibility index (Phi) is 4.35. The molecule has 1 saturated heterocycles. The summed E-state index contributed by atoms with van der Waals surface area (Å²) >= 11 is 0. The van der Waals surface area contributed by atoms with Crippen molar-refractivity contribution >= 4 is 5.71 Å². The summed E-state index contributed by atoms with van der Waals surface area (Å²) in [6.07, 6.45) is 2.94. The fraction of sp³-hybridized carbons (Fsp3) is 0.296. The van der Waals surface area contributed by atoms with E-state index in [2.05, 4.69) is 90.9 Å². The standard InChI is InChI=1S/C27H27N3O/c1-29-17-15-27(16-18-29)30-25(23-9-5-6-10-26(23)31-27)19-24(28-30)22-13-11-21(12-14-22)20-7-3-2-4-8-20/h2-14,25H,15-19H2,1H3/p+1/t25-/m1/s1. The number of hydrazone groups is 1. The number of piperidine rings is 1. The monoisotopic (exact) mass is 410 g/mol. The molecule has 3 aliphatic rings. The van der Waals surface area contributed by atoms with E-state index in [-0.39, 0.29) is 11.8 Å². The molecule has 1 atom stereocenters. The van der Waals surface area contributed by atoms with Crippen molar-refractivity contribution in [3.05, 3.63) is 90.0 Å². The van der Waals surface area contributed by atoms with E-state index in [1.807, 2.05) is 0 Å². The van der Waals surface area contributed by atoms with Crippen molar-refractivity contribution in [3.8, 4) is 16.9 Å². The molecule has 3 aromatic carbocycles. The number of likely N-dealkylation sites (tertiary alicyclic amines) is 1. The van der Waals surface area contributed by atoms with Gasteiger partial charge < -0.3 is 9.64 Å². The quantitative estimate of drug-likeness (QED) is 0.694. The number of hydrogen-bond donors (Lipinski definition) is 1. The van der Waals surface area contributed by atoms with Gasteiger partial charge in [0.25, 0.3) is 0 Å². The normalized spacial score (nSPS) is 26.7. The van der Waals surface area contributed by atoms with Crippen molar-refractivity contribution in [1.29, 1.82) is 0 Å². The second-order valence-corrected chi connectivity index (χ2v) is 9.10. The minimum absolute atomic E-state index is 0.257. The summed E-state index contributed by atoms with van der Waals surface area (Å²) in [5.74, 6) is 1.04. The summed E-state index contributed by atoms with van der Waals surface area (Å²) in [4.78, 5) is 1.57. The number of para-hydroxylation sites is 1. The first-order valence-corrected chi connectivity index (χ1v) is 11.3. The maximum atomic E-state index is 6.69. The summed E-state index contributed by atoms with van der Waals surface area (Å²) in [5, 5.41) is 7.51. The average Bonchev–Trinajstić information content (AvgIpc) is 3.29. The zero-order valence-electron chi connectivity index (χ0n) is 17.9. The van der Waals surface area contributed by atoms with Gasteiger partial charge in [-0.15, -0.1) is 0 Å². The van der Waals surface area contributed by atoms with Gasteiger partial charge in [-0.25, -0.2) is 5.01 Å². The first-order chi connectivity index (χ1) is 15.2. The van der Waals surface area contributed by atoms with Crippen LogP contribution in [0.3, 0.4) is 0 Å². The second kappa shape index (κ2) is 7.24. The molecule has 3 aliphatic heterocycles. The molecular formula is C27H28N3O+. The van der Waals surface area contributed by atoms with E-state index in [9.17, 15) is 0 Å². The zero-order valence-corrected chi connectivity index (χ0v) is 17.9. The molecule has 6 rings (SSSR count). The minimum Gasteiger partial charge on any atom is -0.466 e. The van der Waals surface area contributed by atoms with Crippen LogP contribution in [-0.4, -0.2) is 36.6 Å². The summed E-state index contributed by atoms with van der Waals surface area (Å²) in [7, 11) is 2.27. The van der Waals surface area contributed by atoms with E-state index in [0.29, 0.717) is 0 Å². The molecule has 0 unspecified atom stereocenters. The molecule has 3 heterocycles. The van der Waals surface area contributed by atoms with Gasteiger partial charge >= 0.3 is 0 Å². The van der Waals surface area contributed by atoms with E-state index in [4.69, 9.17) is 9.84 Å². The number of quaternary nitrogens is 1. The number of benzene rings is 3. The van der Waals surface area contributed by atoms with E-state index < -0.39 is 0 Å². The fourth-order valence-corrected chi connectivity index (χ4v) is 5.29. The first kappa shape index (κ1) is 18.6. The molecule has 1 fully saturated rings. The van der Waals surface area contributed by atoms with Gasteiger partial charge in [-0.2, -0.15) is 5.10 Å². The van der Waals surface area contributed by atoms with Crippen LogP contribution in [0.4, 0.5) is 0 Å². The third kappa shape index (κ3) is 3.14. The highest BCUT2D eigenvalue weighted by Gasteiger charge is 2.52. The summed E-state index contributed by atoms with van der Waals surface area (Å²) in [6.45, 7) is 2.23. The van der Waals surface area contributed by atoms with Gasteiger partial charge in [0.05, 0.1) is 44.7 Å². The molecule has 0 saturated carbocycles. The summed E-state index contributed by atoms with van der Waals surface area (Å²) in [6, 6.07) is 28.2. The molecule has 0 amide bonds. The molecule has 0 aromatic heterocycles. The second-order valence-electron chi connectivity index (χ2n) is 9.10. The Hall–Kier alpha value is -3.11. The SMILES string of the molecule is C[NH+]1CCC2(CC1)Oc1ccccc1[C@H]1CC(c3ccc(-c4ccccc4)cc3)=NN12. The van der Waals surface area contributed by atoms with Gasteiger partial charge in [0.15, 0.2) is 0 Å². The van der Waals surface area contributed by atoms with Gasteiger partial charge in [-0.1, -0.05) is 72.8 Å². The van der Waals surface area contributed by atoms with E-state index in [1.54, 1.807) is 4.90 Å². The van der Waals surface area contributed by atoms with Gasteiger partial charge in [0.1, 0.15) is 5.75 Å². The van der Waals surface area contributed by atoms with Crippen molar-refractivity contribution in [3.63, 3.8) is 0 Å². The molecule has 4 nitrogen and oxygen atoms in total.